The number of amides is 1. The summed E-state index contributed by atoms with van der Waals surface area (Å²) in [6, 6.07) is 12.1. The molecule has 0 atom stereocenters. The van der Waals surface area contributed by atoms with Gasteiger partial charge in [0.05, 0.1) is 5.02 Å². The van der Waals surface area contributed by atoms with Crippen molar-refractivity contribution in [3.8, 4) is 5.75 Å². The third-order valence-corrected chi connectivity index (χ3v) is 3.97. The van der Waals surface area contributed by atoms with Crippen LogP contribution in [-0.2, 0) is 14.3 Å². The molecule has 1 N–H and O–H groups in total. The molecule has 2 rings (SSSR count). The Labute approximate surface area is 162 Å². The van der Waals surface area contributed by atoms with E-state index in [1.807, 2.05) is 18.2 Å². The highest BCUT2D eigenvalue weighted by atomic mass is 35.5. The average molecular weight is 396 g/mol. The highest BCUT2D eigenvalue weighted by molar-refractivity contribution is 6.35. The Balaban J connectivity index is 1.78. The lowest BCUT2D eigenvalue weighted by Gasteiger charge is -2.10. The average Bonchev–Trinajstić information content (AvgIpc) is 2.59. The number of halogens is 2. The predicted molar refractivity (Wildman–Crippen MR) is 102 cm³/mol. The maximum Gasteiger partial charge on any atom is 0.344 e. The number of anilines is 1. The Morgan fingerprint density at radius 3 is 2.54 bits per heavy atom. The Bertz CT molecular complexity index is 793. The van der Waals surface area contributed by atoms with Crippen molar-refractivity contribution in [3.05, 3.63) is 58.1 Å². The maximum absolute atomic E-state index is 11.9. The van der Waals surface area contributed by atoms with Crippen LogP contribution in [0.15, 0.2) is 42.5 Å². The molecule has 0 fully saturated rings. The quantitative estimate of drug-likeness (QED) is 0.691. The molecule has 0 aliphatic rings. The number of rotatable bonds is 7. The predicted octanol–water partition coefficient (Wildman–Crippen LogP) is 4.68. The summed E-state index contributed by atoms with van der Waals surface area (Å²) in [5, 5.41) is 3.44. The summed E-state index contributed by atoms with van der Waals surface area (Å²) in [6.07, 6.45) is 0. The van der Waals surface area contributed by atoms with Gasteiger partial charge in [0.15, 0.2) is 13.2 Å². The number of hydrogen-bond acceptors (Lipinski definition) is 4. The van der Waals surface area contributed by atoms with E-state index < -0.39 is 18.5 Å². The normalized spacial score (nSPS) is 10.5. The van der Waals surface area contributed by atoms with E-state index in [-0.39, 0.29) is 11.6 Å². The van der Waals surface area contributed by atoms with Crippen molar-refractivity contribution < 1.29 is 19.1 Å². The molecule has 0 spiro atoms. The minimum Gasteiger partial charge on any atom is -0.480 e. The van der Waals surface area contributed by atoms with E-state index in [2.05, 4.69) is 19.2 Å². The third-order valence-electron chi connectivity index (χ3n) is 3.44. The number of nitrogens with one attached hydrogen (secondary N) is 1. The minimum absolute atomic E-state index is 0.285. The molecule has 0 aliphatic carbocycles. The fourth-order valence-corrected chi connectivity index (χ4v) is 2.55. The molecule has 1 amide bonds. The molecule has 7 heteroatoms. The van der Waals surface area contributed by atoms with Gasteiger partial charge in [-0.2, -0.15) is 0 Å². The van der Waals surface area contributed by atoms with E-state index in [0.717, 1.165) is 5.56 Å². The zero-order valence-corrected chi connectivity index (χ0v) is 15.9. The second kappa shape index (κ2) is 9.46. The van der Waals surface area contributed by atoms with Gasteiger partial charge in [0, 0.05) is 10.7 Å². The lowest BCUT2D eigenvalue weighted by molar-refractivity contribution is -0.149. The fourth-order valence-electron chi connectivity index (χ4n) is 2.09. The first kappa shape index (κ1) is 20.1. The Hall–Kier alpha value is -2.24. The van der Waals surface area contributed by atoms with Crippen LogP contribution >= 0.6 is 23.2 Å². The van der Waals surface area contributed by atoms with E-state index in [1.54, 1.807) is 18.2 Å². The van der Waals surface area contributed by atoms with Crippen LogP contribution in [-0.4, -0.2) is 25.1 Å². The monoisotopic (exact) mass is 395 g/mol. The first-order valence-corrected chi connectivity index (χ1v) is 8.74. The van der Waals surface area contributed by atoms with Gasteiger partial charge in [0.2, 0.25) is 0 Å². The zero-order valence-electron chi connectivity index (χ0n) is 14.4. The smallest absolute Gasteiger partial charge is 0.344 e. The summed E-state index contributed by atoms with van der Waals surface area (Å²) < 4.78 is 10.1. The van der Waals surface area contributed by atoms with Crippen LogP contribution in [0.5, 0.6) is 5.75 Å². The lowest BCUT2D eigenvalue weighted by Crippen LogP contribution is -2.23. The van der Waals surface area contributed by atoms with Crippen LogP contribution in [0, 0.1) is 0 Å². The molecule has 0 saturated heterocycles. The van der Waals surface area contributed by atoms with Gasteiger partial charge in [-0.05, 0) is 41.8 Å². The molecule has 0 radical (unpaired) electrons. The molecular formula is C19H19Cl2NO4. The lowest BCUT2D eigenvalue weighted by atomic mass is 10.0. The number of carbonyl (C=O) groups is 2. The van der Waals surface area contributed by atoms with E-state index in [1.165, 1.54) is 6.07 Å². The number of esters is 1. The summed E-state index contributed by atoms with van der Waals surface area (Å²) in [4.78, 5) is 23.6. The SMILES string of the molecule is CC(C)c1cccc(NC(=O)COC(=O)COc2ccc(Cl)cc2Cl)c1. The van der Waals surface area contributed by atoms with E-state index in [0.29, 0.717) is 22.4 Å². The molecular weight excluding hydrogens is 377 g/mol. The van der Waals surface area contributed by atoms with Gasteiger partial charge < -0.3 is 14.8 Å². The first-order valence-electron chi connectivity index (χ1n) is 7.98. The van der Waals surface area contributed by atoms with Gasteiger partial charge in [-0.1, -0.05) is 49.2 Å². The molecule has 0 unspecified atom stereocenters. The molecule has 2 aromatic carbocycles. The van der Waals surface area contributed by atoms with Gasteiger partial charge >= 0.3 is 5.97 Å². The van der Waals surface area contributed by atoms with Crippen molar-refractivity contribution in [2.45, 2.75) is 19.8 Å². The van der Waals surface area contributed by atoms with Crippen molar-refractivity contribution in [2.24, 2.45) is 0 Å². The van der Waals surface area contributed by atoms with Crippen molar-refractivity contribution in [1.82, 2.24) is 0 Å². The number of hydrogen-bond donors (Lipinski definition) is 1. The van der Waals surface area contributed by atoms with E-state index >= 15 is 0 Å². The Morgan fingerprint density at radius 2 is 1.85 bits per heavy atom. The Kier molecular flexibility index (Phi) is 7.30. The summed E-state index contributed by atoms with van der Waals surface area (Å²) >= 11 is 11.7. The van der Waals surface area contributed by atoms with Crippen LogP contribution in [0.1, 0.15) is 25.3 Å². The van der Waals surface area contributed by atoms with Crippen LogP contribution in [0.4, 0.5) is 5.69 Å². The maximum atomic E-state index is 11.9. The van der Waals surface area contributed by atoms with Crippen molar-refractivity contribution in [1.29, 1.82) is 0 Å². The van der Waals surface area contributed by atoms with Crippen LogP contribution < -0.4 is 10.1 Å². The molecule has 0 heterocycles. The molecule has 26 heavy (non-hydrogen) atoms. The Morgan fingerprint density at radius 1 is 1.08 bits per heavy atom. The van der Waals surface area contributed by atoms with Crippen molar-refractivity contribution in [2.75, 3.05) is 18.5 Å². The largest absolute Gasteiger partial charge is 0.480 e. The standard InChI is InChI=1S/C19H19Cl2NO4/c1-12(2)13-4-3-5-15(8-13)22-18(23)10-26-19(24)11-25-17-7-6-14(20)9-16(17)21/h3-9,12H,10-11H2,1-2H3,(H,22,23). The van der Waals surface area contributed by atoms with Crippen LogP contribution in [0.3, 0.4) is 0 Å². The van der Waals surface area contributed by atoms with Crippen molar-refractivity contribution in [3.63, 3.8) is 0 Å². The number of ether oxygens (including phenoxy) is 2. The summed E-state index contributed by atoms with van der Waals surface area (Å²) in [5.74, 6) is -0.449. The highest BCUT2D eigenvalue weighted by Crippen LogP contribution is 2.27. The van der Waals surface area contributed by atoms with Gasteiger partial charge in [0.25, 0.3) is 5.91 Å². The molecule has 0 aliphatic heterocycles. The molecule has 2 aromatic rings. The van der Waals surface area contributed by atoms with Gasteiger partial charge in [-0.25, -0.2) is 4.79 Å². The number of carbonyl (C=O) groups excluding carboxylic acids is 2. The van der Waals surface area contributed by atoms with Crippen molar-refractivity contribution >= 4 is 40.8 Å². The second-order valence-corrected chi connectivity index (χ2v) is 6.70. The van der Waals surface area contributed by atoms with Crippen LogP contribution in [0.25, 0.3) is 0 Å². The topological polar surface area (TPSA) is 64.6 Å². The van der Waals surface area contributed by atoms with Gasteiger partial charge in [-0.3, -0.25) is 4.79 Å². The molecule has 138 valence electrons. The minimum atomic E-state index is -0.679. The summed E-state index contributed by atoms with van der Waals surface area (Å²) in [5.41, 5.74) is 1.76. The molecule has 0 saturated carbocycles. The fraction of sp³-hybridized carbons (Fsp3) is 0.263. The molecule has 0 aromatic heterocycles. The van der Waals surface area contributed by atoms with E-state index in [4.69, 9.17) is 32.7 Å². The number of benzene rings is 2. The molecule has 0 bridgehead atoms. The van der Waals surface area contributed by atoms with Crippen LogP contribution in [0.2, 0.25) is 10.0 Å². The zero-order chi connectivity index (χ0) is 19.1. The van der Waals surface area contributed by atoms with Gasteiger partial charge in [-0.15, -0.1) is 0 Å². The first-order chi connectivity index (χ1) is 12.3. The van der Waals surface area contributed by atoms with E-state index in [9.17, 15) is 9.59 Å². The summed E-state index contributed by atoms with van der Waals surface area (Å²) in [6.45, 7) is 3.37. The third kappa shape index (κ3) is 6.24. The summed E-state index contributed by atoms with van der Waals surface area (Å²) in [7, 11) is 0. The molecule has 5 nitrogen and oxygen atoms in total. The highest BCUT2D eigenvalue weighted by Gasteiger charge is 2.11. The second-order valence-electron chi connectivity index (χ2n) is 5.85. The van der Waals surface area contributed by atoms with Gasteiger partial charge in [0.1, 0.15) is 5.75 Å².